The van der Waals surface area contributed by atoms with Crippen molar-refractivity contribution in [2.45, 2.75) is 20.0 Å². The van der Waals surface area contributed by atoms with Crippen LogP contribution in [0.2, 0.25) is 0 Å². The molecule has 0 aliphatic carbocycles. The lowest BCUT2D eigenvalue weighted by molar-refractivity contribution is 0.668. The molecule has 5 rings (SSSR count). The van der Waals surface area contributed by atoms with Gasteiger partial charge in [0.05, 0.1) is 23.0 Å². The highest BCUT2D eigenvalue weighted by atomic mass is 16.3. The predicted octanol–water partition coefficient (Wildman–Crippen LogP) is 5.70. The summed E-state index contributed by atoms with van der Waals surface area (Å²) in [5, 5.41) is 11.6. The zero-order valence-electron chi connectivity index (χ0n) is 15.5. The van der Waals surface area contributed by atoms with Crippen molar-refractivity contribution in [3.8, 4) is 6.07 Å². The molecule has 0 fully saturated rings. The number of benzene rings is 3. The van der Waals surface area contributed by atoms with Crippen molar-refractivity contribution < 1.29 is 4.42 Å². The standard InChI is InChI=1S/C23H19N3O/c1-14-10-18-17-6-4-5-7-22(17)27-23(18)12-20(14)26-15(2)25(3)19-9-8-16(13-24)11-21(19)26/h4-12,15H,1-3H3/t15-/m0/s1. The molecule has 0 saturated carbocycles. The van der Waals surface area contributed by atoms with Gasteiger partial charge in [0.25, 0.3) is 0 Å². The molecule has 4 nitrogen and oxygen atoms in total. The first-order valence-electron chi connectivity index (χ1n) is 9.06. The van der Waals surface area contributed by atoms with Gasteiger partial charge in [0.1, 0.15) is 17.3 Å². The topological polar surface area (TPSA) is 43.4 Å². The number of nitriles is 1. The first-order valence-corrected chi connectivity index (χ1v) is 9.06. The lowest BCUT2D eigenvalue weighted by Crippen LogP contribution is -2.35. The third-order valence-corrected chi connectivity index (χ3v) is 5.63. The first kappa shape index (κ1) is 15.8. The summed E-state index contributed by atoms with van der Waals surface area (Å²) in [4.78, 5) is 4.52. The van der Waals surface area contributed by atoms with Gasteiger partial charge >= 0.3 is 0 Å². The van der Waals surface area contributed by atoms with E-state index in [1.54, 1.807) is 0 Å². The van der Waals surface area contributed by atoms with Crippen molar-refractivity contribution in [2.75, 3.05) is 16.8 Å². The molecule has 0 bridgehead atoms. The number of furan rings is 1. The van der Waals surface area contributed by atoms with Crippen molar-refractivity contribution in [3.05, 3.63) is 65.7 Å². The molecule has 132 valence electrons. The van der Waals surface area contributed by atoms with E-state index in [9.17, 15) is 5.26 Å². The largest absolute Gasteiger partial charge is 0.456 e. The third-order valence-electron chi connectivity index (χ3n) is 5.63. The molecular formula is C23H19N3O. The van der Waals surface area contributed by atoms with Crippen LogP contribution in [-0.2, 0) is 0 Å². The number of hydrogen-bond acceptors (Lipinski definition) is 4. The molecule has 4 heteroatoms. The van der Waals surface area contributed by atoms with Crippen LogP contribution in [0.3, 0.4) is 0 Å². The molecule has 27 heavy (non-hydrogen) atoms. The quantitative estimate of drug-likeness (QED) is 0.440. The Kier molecular flexibility index (Phi) is 3.23. The molecule has 1 atom stereocenters. The molecule has 2 heterocycles. The summed E-state index contributed by atoms with van der Waals surface area (Å²) in [6.45, 7) is 4.31. The molecular weight excluding hydrogens is 334 g/mol. The van der Waals surface area contributed by atoms with E-state index in [1.165, 1.54) is 5.56 Å². The van der Waals surface area contributed by atoms with Gasteiger partial charge in [-0.1, -0.05) is 18.2 Å². The van der Waals surface area contributed by atoms with Gasteiger partial charge in [0.2, 0.25) is 0 Å². The van der Waals surface area contributed by atoms with Crippen LogP contribution in [0.1, 0.15) is 18.1 Å². The van der Waals surface area contributed by atoms with Gasteiger partial charge in [-0.2, -0.15) is 5.26 Å². The average Bonchev–Trinajstić information content (AvgIpc) is 3.16. The van der Waals surface area contributed by atoms with E-state index in [-0.39, 0.29) is 6.17 Å². The number of fused-ring (bicyclic) bond motifs is 4. The predicted molar refractivity (Wildman–Crippen MR) is 110 cm³/mol. The summed E-state index contributed by atoms with van der Waals surface area (Å²) in [7, 11) is 2.09. The minimum atomic E-state index is 0.148. The van der Waals surface area contributed by atoms with Crippen LogP contribution >= 0.6 is 0 Å². The Labute approximate surface area is 157 Å². The molecule has 0 radical (unpaired) electrons. The maximum atomic E-state index is 9.34. The molecule has 1 aliphatic heterocycles. The Morgan fingerprint density at radius 1 is 0.926 bits per heavy atom. The fraction of sp³-hybridized carbons (Fsp3) is 0.174. The number of aryl methyl sites for hydroxylation is 1. The number of anilines is 3. The molecule has 3 aromatic carbocycles. The van der Waals surface area contributed by atoms with Gasteiger partial charge in [0, 0.05) is 29.6 Å². The Morgan fingerprint density at radius 2 is 1.74 bits per heavy atom. The van der Waals surface area contributed by atoms with Crippen molar-refractivity contribution in [1.29, 1.82) is 5.26 Å². The summed E-state index contributed by atoms with van der Waals surface area (Å²) in [6.07, 6.45) is 0.148. The van der Waals surface area contributed by atoms with Gasteiger partial charge in [-0.25, -0.2) is 0 Å². The highest BCUT2D eigenvalue weighted by Gasteiger charge is 2.33. The van der Waals surface area contributed by atoms with Crippen LogP contribution in [0.25, 0.3) is 21.9 Å². The van der Waals surface area contributed by atoms with Crippen LogP contribution in [0.4, 0.5) is 17.1 Å². The monoisotopic (exact) mass is 353 g/mol. The normalized spacial score (nSPS) is 16.1. The van der Waals surface area contributed by atoms with Crippen LogP contribution in [-0.4, -0.2) is 13.2 Å². The smallest absolute Gasteiger partial charge is 0.137 e. The SMILES string of the molecule is Cc1cc2c(cc1N1c3cc(C#N)ccc3N(C)[C@@H]1C)oc1ccccc12. The molecule has 0 spiro atoms. The molecule has 4 aromatic rings. The van der Waals surface area contributed by atoms with Gasteiger partial charge < -0.3 is 14.2 Å². The van der Waals surface area contributed by atoms with Crippen LogP contribution < -0.4 is 9.80 Å². The van der Waals surface area contributed by atoms with Crippen molar-refractivity contribution in [3.63, 3.8) is 0 Å². The molecule has 1 aromatic heterocycles. The number of hydrogen-bond donors (Lipinski definition) is 0. The van der Waals surface area contributed by atoms with Crippen LogP contribution in [0, 0.1) is 18.3 Å². The van der Waals surface area contributed by atoms with Gasteiger partial charge in [0.15, 0.2) is 0 Å². The maximum Gasteiger partial charge on any atom is 0.137 e. The number of para-hydroxylation sites is 1. The zero-order valence-corrected chi connectivity index (χ0v) is 15.5. The fourth-order valence-corrected chi connectivity index (χ4v) is 4.12. The van der Waals surface area contributed by atoms with Gasteiger partial charge in [-0.3, -0.25) is 0 Å². The third kappa shape index (κ3) is 2.15. The average molecular weight is 353 g/mol. The minimum Gasteiger partial charge on any atom is -0.456 e. The summed E-state index contributed by atoms with van der Waals surface area (Å²) in [5.41, 5.74) is 6.94. The van der Waals surface area contributed by atoms with E-state index >= 15 is 0 Å². The summed E-state index contributed by atoms with van der Waals surface area (Å²) in [6, 6.07) is 20.6. The molecule has 0 amide bonds. The highest BCUT2D eigenvalue weighted by molar-refractivity contribution is 6.06. The van der Waals surface area contributed by atoms with E-state index < -0.39 is 0 Å². The zero-order chi connectivity index (χ0) is 18.7. The molecule has 1 aliphatic rings. The minimum absolute atomic E-state index is 0.148. The molecule has 0 saturated heterocycles. The molecule has 0 N–H and O–H groups in total. The van der Waals surface area contributed by atoms with Crippen LogP contribution in [0.15, 0.2) is 59.0 Å². The Morgan fingerprint density at radius 3 is 2.56 bits per heavy atom. The Balaban J connectivity index is 1.75. The highest BCUT2D eigenvalue weighted by Crippen LogP contribution is 2.46. The first-order chi connectivity index (χ1) is 13.1. The lowest BCUT2D eigenvalue weighted by atomic mass is 10.1. The maximum absolute atomic E-state index is 9.34. The fourth-order valence-electron chi connectivity index (χ4n) is 4.12. The summed E-state index contributed by atoms with van der Waals surface area (Å²) in [5.74, 6) is 0. The Hall–Kier alpha value is -3.45. The van der Waals surface area contributed by atoms with Crippen molar-refractivity contribution in [1.82, 2.24) is 0 Å². The van der Waals surface area contributed by atoms with E-state index in [0.717, 1.165) is 39.0 Å². The molecule has 0 unspecified atom stereocenters. The van der Waals surface area contributed by atoms with E-state index in [2.05, 4.69) is 55.0 Å². The number of rotatable bonds is 1. The van der Waals surface area contributed by atoms with Gasteiger partial charge in [-0.05, 0) is 49.7 Å². The van der Waals surface area contributed by atoms with E-state index in [4.69, 9.17) is 4.42 Å². The van der Waals surface area contributed by atoms with Crippen LogP contribution in [0.5, 0.6) is 0 Å². The summed E-state index contributed by atoms with van der Waals surface area (Å²) >= 11 is 0. The Bertz CT molecular complexity index is 1250. The summed E-state index contributed by atoms with van der Waals surface area (Å²) < 4.78 is 6.11. The van der Waals surface area contributed by atoms with Crippen molar-refractivity contribution >= 4 is 39.0 Å². The second kappa shape index (κ2) is 5.52. The lowest BCUT2D eigenvalue weighted by Gasteiger charge is -2.29. The van der Waals surface area contributed by atoms with Crippen molar-refractivity contribution in [2.24, 2.45) is 0 Å². The van der Waals surface area contributed by atoms with Gasteiger partial charge in [-0.15, -0.1) is 0 Å². The van der Waals surface area contributed by atoms with E-state index in [1.807, 2.05) is 36.4 Å². The second-order valence-electron chi connectivity index (χ2n) is 7.16. The number of nitrogens with zero attached hydrogens (tertiary/aromatic N) is 3. The van der Waals surface area contributed by atoms with E-state index in [0.29, 0.717) is 5.56 Å². The second-order valence-corrected chi connectivity index (χ2v) is 7.16.